The number of aliphatic hydroxyl groups is 1. The fraction of sp³-hybridized carbons (Fsp3) is 0.522. The molecule has 1 aliphatic heterocycles. The second kappa shape index (κ2) is 11.7. The number of carbonyl (C=O) groups excluding carboxylic acids is 1. The van der Waals surface area contributed by atoms with Crippen LogP contribution in [0.4, 0.5) is 0 Å². The maximum Gasteiger partial charge on any atom is 0.308 e. The van der Waals surface area contributed by atoms with Crippen LogP contribution < -0.4 is 4.74 Å². The highest BCUT2D eigenvalue weighted by Gasteiger charge is 2.26. The summed E-state index contributed by atoms with van der Waals surface area (Å²) < 4.78 is 10.7. The van der Waals surface area contributed by atoms with Gasteiger partial charge in [0.15, 0.2) is 0 Å². The average molecular weight is 429 g/mol. The van der Waals surface area contributed by atoms with Crippen LogP contribution in [0.1, 0.15) is 24.1 Å². The lowest BCUT2D eigenvalue weighted by Gasteiger charge is -2.31. The highest BCUT2D eigenvalue weighted by atomic mass is 16.5. The number of methoxy groups -OCH3 is 1. The van der Waals surface area contributed by atoms with Crippen LogP contribution >= 0.6 is 0 Å². The molecule has 1 aromatic carbocycles. The third-order valence-corrected chi connectivity index (χ3v) is 5.46. The summed E-state index contributed by atoms with van der Waals surface area (Å²) in [6.45, 7) is 3.83. The van der Waals surface area contributed by atoms with E-state index in [-0.39, 0.29) is 18.5 Å². The molecular weight excluding hydrogens is 396 g/mol. The molecule has 2 aromatic rings. The van der Waals surface area contributed by atoms with E-state index < -0.39 is 6.10 Å². The standard InChI is InChI=1S/C23H32N4O4/c1-26(14-20-6-9-24-17-25-20)13-18-4-3-5-22(12-18)31-16-21(28)15-27-10-7-19(8-11-27)23(29)30-2/h3-6,9,12,17,19,21,28H,7-8,10-11,13-16H2,1-2H3/t21-/m1/s1. The number of ether oxygens (including phenoxy) is 2. The second-order valence-electron chi connectivity index (χ2n) is 8.08. The van der Waals surface area contributed by atoms with Crippen molar-refractivity contribution < 1.29 is 19.4 Å². The van der Waals surface area contributed by atoms with Crippen molar-refractivity contribution in [3.8, 4) is 5.75 Å². The van der Waals surface area contributed by atoms with E-state index >= 15 is 0 Å². The minimum atomic E-state index is -0.584. The summed E-state index contributed by atoms with van der Waals surface area (Å²) in [7, 11) is 3.48. The van der Waals surface area contributed by atoms with E-state index in [0.717, 1.165) is 56.0 Å². The van der Waals surface area contributed by atoms with Crippen molar-refractivity contribution in [3.05, 3.63) is 54.1 Å². The van der Waals surface area contributed by atoms with E-state index in [1.54, 1.807) is 12.5 Å². The van der Waals surface area contributed by atoms with Crippen molar-refractivity contribution in [1.82, 2.24) is 19.8 Å². The smallest absolute Gasteiger partial charge is 0.308 e. The Bertz CT molecular complexity index is 812. The fourth-order valence-electron chi connectivity index (χ4n) is 3.85. The van der Waals surface area contributed by atoms with Crippen molar-refractivity contribution >= 4 is 5.97 Å². The monoisotopic (exact) mass is 428 g/mol. The van der Waals surface area contributed by atoms with Gasteiger partial charge in [0.2, 0.25) is 0 Å². The van der Waals surface area contributed by atoms with Gasteiger partial charge in [-0.2, -0.15) is 0 Å². The minimum Gasteiger partial charge on any atom is -0.491 e. The molecule has 1 aliphatic rings. The summed E-state index contributed by atoms with van der Waals surface area (Å²) in [4.78, 5) is 24.2. The number of β-amino-alcohol motifs (C(OH)–C–C–N with tert-alkyl or cyclic N) is 1. The van der Waals surface area contributed by atoms with E-state index in [1.807, 2.05) is 31.3 Å². The summed E-state index contributed by atoms with van der Waals surface area (Å²) in [6.07, 6.45) is 4.26. The van der Waals surface area contributed by atoms with Gasteiger partial charge in [0.1, 0.15) is 24.8 Å². The van der Waals surface area contributed by atoms with Gasteiger partial charge in [-0.05, 0) is 56.7 Å². The van der Waals surface area contributed by atoms with Crippen molar-refractivity contribution in [1.29, 1.82) is 0 Å². The maximum atomic E-state index is 11.6. The summed E-state index contributed by atoms with van der Waals surface area (Å²) >= 11 is 0. The minimum absolute atomic E-state index is 0.0233. The van der Waals surface area contributed by atoms with Crippen LogP contribution in [0.3, 0.4) is 0 Å². The molecule has 0 amide bonds. The Morgan fingerprint density at radius 3 is 2.81 bits per heavy atom. The van der Waals surface area contributed by atoms with Gasteiger partial charge in [0.05, 0.1) is 18.7 Å². The number of carbonyl (C=O) groups is 1. The van der Waals surface area contributed by atoms with Crippen LogP contribution in [0, 0.1) is 5.92 Å². The van der Waals surface area contributed by atoms with Gasteiger partial charge in [-0.3, -0.25) is 9.69 Å². The number of benzene rings is 1. The molecule has 1 atom stereocenters. The Labute approximate surface area is 183 Å². The van der Waals surface area contributed by atoms with E-state index in [4.69, 9.17) is 9.47 Å². The molecule has 1 N–H and O–H groups in total. The Morgan fingerprint density at radius 1 is 1.29 bits per heavy atom. The van der Waals surface area contributed by atoms with E-state index in [1.165, 1.54) is 7.11 Å². The third kappa shape index (κ3) is 7.57. The van der Waals surface area contributed by atoms with Gasteiger partial charge in [-0.15, -0.1) is 0 Å². The molecule has 1 fully saturated rings. The van der Waals surface area contributed by atoms with Crippen LogP contribution in [0.15, 0.2) is 42.9 Å². The van der Waals surface area contributed by atoms with Gasteiger partial charge < -0.3 is 19.5 Å². The van der Waals surface area contributed by atoms with E-state index in [2.05, 4.69) is 25.8 Å². The Morgan fingerprint density at radius 2 is 2.10 bits per heavy atom. The van der Waals surface area contributed by atoms with Gasteiger partial charge >= 0.3 is 5.97 Å². The number of esters is 1. The molecule has 168 valence electrons. The lowest BCUT2D eigenvalue weighted by molar-refractivity contribution is -0.147. The van der Waals surface area contributed by atoms with Gasteiger partial charge in [0.25, 0.3) is 0 Å². The molecule has 0 radical (unpaired) electrons. The molecule has 8 nitrogen and oxygen atoms in total. The molecule has 2 heterocycles. The highest BCUT2D eigenvalue weighted by Crippen LogP contribution is 2.19. The first-order chi connectivity index (χ1) is 15.0. The first kappa shape index (κ1) is 23.1. The molecule has 1 aromatic heterocycles. The van der Waals surface area contributed by atoms with Crippen LogP contribution in [0.5, 0.6) is 5.75 Å². The number of piperidine rings is 1. The Balaban J connectivity index is 1.41. The van der Waals surface area contributed by atoms with Crippen molar-refractivity contribution in [2.75, 3.05) is 40.4 Å². The predicted octanol–water partition coefficient (Wildman–Crippen LogP) is 1.73. The fourth-order valence-corrected chi connectivity index (χ4v) is 3.85. The lowest BCUT2D eigenvalue weighted by atomic mass is 9.97. The number of hydrogen-bond donors (Lipinski definition) is 1. The normalized spacial score (nSPS) is 16.3. The van der Waals surface area contributed by atoms with Crippen LogP contribution in [0.2, 0.25) is 0 Å². The van der Waals surface area contributed by atoms with Crippen LogP contribution in [0.25, 0.3) is 0 Å². The molecular formula is C23H32N4O4. The van der Waals surface area contributed by atoms with Crippen molar-refractivity contribution in [2.45, 2.75) is 32.0 Å². The number of aromatic nitrogens is 2. The summed E-state index contributed by atoms with van der Waals surface area (Å²) in [5, 5.41) is 10.4. The van der Waals surface area contributed by atoms with Crippen molar-refractivity contribution in [2.24, 2.45) is 5.92 Å². The zero-order valence-corrected chi connectivity index (χ0v) is 18.3. The Hall–Kier alpha value is -2.55. The van der Waals surface area contributed by atoms with Gasteiger partial charge in [-0.1, -0.05) is 12.1 Å². The van der Waals surface area contributed by atoms with Crippen LogP contribution in [-0.2, 0) is 22.6 Å². The number of nitrogens with zero attached hydrogens (tertiary/aromatic N) is 4. The second-order valence-corrected chi connectivity index (χ2v) is 8.08. The molecule has 0 unspecified atom stereocenters. The number of rotatable bonds is 10. The molecule has 0 aliphatic carbocycles. The SMILES string of the molecule is COC(=O)C1CCN(C[C@@H](O)COc2cccc(CN(C)Cc3ccncn3)c2)CC1. The summed E-state index contributed by atoms with van der Waals surface area (Å²) in [6, 6.07) is 9.85. The molecule has 0 spiro atoms. The molecule has 1 saturated heterocycles. The quantitative estimate of drug-likeness (QED) is 0.573. The zero-order valence-electron chi connectivity index (χ0n) is 18.3. The van der Waals surface area contributed by atoms with Crippen molar-refractivity contribution in [3.63, 3.8) is 0 Å². The number of hydrogen-bond acceptors (Lipinski definition) is 8. The first-order valence-corrected chi connectivity index (χ1v) is 10.7. The molecule has 3 rings (SSSR count). The van der Waals surface area contributed by atoms with E-state index in [9.17, 15) is 9.90 Å². The number of likely N-dealkylation sites (tertiary alicyclic amines) is 1. The van der Waals surface area contributed by atoms with Gasteiger partial charge in [0, 0.05) is 25.8 Å². The maximum absolute atomic E-state index is 11.6. The predicted molar refractivity (Wildman–Crippen MR) is 116 cm³/mol. The highest BCUT2D eigenvalue weighted by molar-refractivity contribution is 5.72. The first-order valence-electron chi connectivity index (χ1n) is 10.7. The average Bonchev–Trinajstić information content (AvgIpc) is 2.78. The lowest BCUT2D eigenvalue weighted by Crippen LogP contribution is -2.42. The van der Waals surface area contributed by atoms with E-state index in [0.29, 0.717) is 6.54 Å². The van der Waals surface area contributed by atoms with Gasteiger partial charge in [-0.25, -0.2) is 9.97 Å². The molecule has 31 heavy (non-hydrogen) atoms. The summed E-state index contributed by atoms with van der Waals surface area (Å²) in [5.74, 6) is 0.590. The summed E-state index contributed by atoms with van der Waals surface area (Å²) in [5.41, 5.74) is 2.11. The molecule has 0 bridgehead atoms. The molecule has 8 heteroatoms. The Kier molecular flexibility index (Phi) is 8.75. The topological polar surface area (TPSA) is 88.0 Å². The van der Waals surface area contributed by atoms with Crippen LogP contribution in [-0.4, -0.2) is 77.3 Å². The molecule has 0 saturated carbocycles. The third-order valence-electron chi connectivity index (χ3n) is 5.46. The number of aliphatic hydroxyl groups excluding tert-OH is 1. The largest absolute Gasteiger partial charge is 0.491 e. The zero-order chi connectivity index (χ0) is 22.1.